The molecule has 3 rings (SSSR count). The Hall–Kier alpha value is -2.76. The molecule has 0 aliphatic heterocycles. The topological polar surface area (TPSA) is 59.3 Å². The van der Waals surface area contributed by atoms with Crippen LogP contribution in [0.1, 0.15) is 38.1 Å². The molecule has 1 aromatic carbocycles. The van der Waals surface area contributed by atoms with Gasteiger partial charge in [-0.25, -0.2) is 4.39 Å². The number of aromatic nitrogens is 3. The maximum Gasteiger partial charge on any atom is 0.227 e. The first-order valence-electron chi connectivity index (χ1n) is 8.34. The van der Waals surface area contributed by atoms with Crippen LogP contribution in [0.3, 0.4) is 0 Å². The number of benzene rings is 1. The molecule has 0 aliphatic rings. The molecule has 0 aliphatic carbocycles. The monoisotopic (exact) mass is 340 g/mol. The zero-order chi connectivity index (χ0) is 18.0. The first kappa shape index (κ1) is 17.1. The number of amides is 1. The summed E-state index contributed by atoms with van der Waals surface area (Å²) in [5.41, 5.74) is 1.95. The lowest BCUT2D eigenvalue weighted by molar-refractivity contribution is -0.119. The SMILES string of the molecule is CC(Cc1ccccc1F)C(=O)Nc1ccc2nnc(C(C)C)n2c1. The summed E-state index contributed by atoms with van der Waals surface area (Å²) in [6.07, 6.45) is 2.17. The minimum absolute atomic E-state index is 0.151. The van der Waals surface area contributed by atoms with Gasteiger partial charge >= 0.3 is 0 Å². The third kappa shape index (κ3) is 3.68. The molecule has 6 heteroatoms. The number of carbonyl (C=O) groups excluding carboxylic acids is 1. The lowest BCUT2D eigenvalue weighted by atomic mass is 10.00. The molecule has 0 fully saturated rings. The highest BCUT2D eigenvalue weighted by Crippen LogP contribution is 2.18. The average Bonchev–Trinajstić information content (AvgIpc) is 3.00. The fourth-order valence-corrected chi connectivity index (χ4v) is 2.73. The molecule has 5 nitrogen and oxygen atoms in total. The molecular formula is C19H21FN4O. The van der Waals surface area contributed by atoms with E-state index in [1.807, 2.05) is 30.5 Å². The lowest BCUT2D eigenvalue weighted by Crippen LogP contribution is -2.22. The van der Waals surface area contributed by atoms with Gasteiger partial charge < -0.3 is 5.32 Å². The van der Waals surface area contributed by atoms with Gasteiger partial charge in [0.05, 0.1) is 5.69 Å². The molecule has 2 aromatic heterocycles. The van der Waals surface area contributed by atoms with E-state index in [1.54, 1.807) is 31.2 Å². The van der Waals surface area contributed by atoms with Crippen molar-refractivity contribution in [3.05, 3.63) is 59.8 Å². The zero-order valence-electron chi connectivity index (χ0n) is 14.5. The van der Waals surface area contributed by atoms with Crippen molar-refractivity contribution in [2.75, 3.05) is 5.32 Å². The molecule has 0 bridgehead atoms. The van der Waals surface area contributed by atoms with Crippen molar-refractivity contribution in [3.63, 3.8) is 0 Å². The number of nitrogens with one attached hydrogen (secondary N) is 1. The quantitative estimate of drug-likeness (QED) is 0.768. The van der Waals surface area contributed by atoms with Crippen LogP contribution in [0.4, 0.5) is 10.1 Å². The number of pyridine rings is 1. The normalized spacial score (nSPS) is 12.5. The summed E-state index contributed by atoms with van der Waals surface area (Å²) in [5.74, 6) is 0.279. The summed E-state index contributed by atoms with van der Waals surface area (Å²) in [4.78, 5) is 12.4. The highest BCUT2D eigenvalue weighted by atomic mass is 19.1. The van der Waals surface area contributed by atoms with Gasteiger partial charge in [-0.2, -0.15) is 0 Å². The maximum absolute atomic E-state index is 13.8. The van der Waals surface area contributed by atoms with Gasteiger partial charge in [0.15, 0.2) is 5.65 Å². The molecule has 1 unspecified atom stereocenters. The van der Waals surface area contributed by atoms with E-state index in [0.29, 0.717) is 17.7 Å². The minimum Gasteiger partial charge on any atom is -0.325 e. The van der Waals surface area contributed by atoms with Gasteiger partial charge in [0.1, 0.15) is 11.6 Å². The smallest absolute Gasteiger partial charge is 0.227 e. The van der Waals surface area contributed by atoms with Crippen molar-refractivity contribution in [1.82, 2.24) is 14.6 Å². The Bertz CT molecular complexity index is 903. The predicted octanol–water partition coefficient (Wildman–Crippen LogP) is 3.81. The Morgan fingerprint density at radius 3 is 2.64 bits per heavy atom. The Labute approximate surface area is 145 Å². The van der Waals surface area contributed by atoms with Gasteiger partial charge in [0.25, 0.3) is 0 Å². The molecular weight excluding hydrogens is 319 g/mol. The number of carbonyl (C=O) groups is 1. The Balaban J connectivity index is 1.75. The van der Waals surface area contributed by atoms with Gasteiger partial charge in [-0.3, -0.25) is 9.20 Å². The summed E-state index contributed by atoms with van der Waals surface area (Å²) in [6, 6.07) is 10.1. The largest absolute Gasteiger partial charge is 0.325 e. The first-order chi connectivity index (χ1) is 12.0. The third-order valence-corrected chi connectivity index (χ3v) is 4.14. The Morgan fingerprint density at radius 2 is 1.92 bits per heavy atom. The van der Waals surface area contributed by atoms with Crippen LogP contribution in [0.2, 0.25) is 0 Å². The van der Waals surface area contributed by atoms with Crippen molar-refractivity contribution in [1.29, 1.82) is 0 Å². The van der Waals surface area contributed by atoms with E-state index < -0.39 is 0 Å². The molecule has 1 atom stereocenters. The number of fused-ring (bicyclic) bond motifs is 1. The fraction of sp³-hybridized carbons (Fsp3) is 0.316. The second-order valence-corrected chi connectivity index (χ2v) is 6.54. The van der Waals surface area contributed by atoms with Crippen molar-refractivity contribution in [2.45, 2.75) is 33.1 Å². The molecule has 0 saturated heterocycles. The first-order valence-corrected chi connectivity index (χ1v) is 8.34. The molecule has 3 aromatic rings. The number of anilines is 1. The van der Waals surface area contributed by atoms with E-state index in [0.717, 1.165) is 11.5 Å². The standard InChI is InChI=1S/C19H21FN4O/c1-12(2)18-23-22-17-9-8-15(11-24(17)18)21-19(25)13(3)10-14-6-4-5-7-16(14)20/h4-9,11-13H,10H2,1-3H3,(H,21,25). The van der Waals surface area contributed by atoms with E-state index in [2.05, 4.69) is 15.5 Å². The number of nitrogens with zero attached hydrogens (tertiary/aromatic N) is 3. The summed E-state index contributed by atoms with van der Waals surface area (Å²) in [5, 5.41) is 11.2. The van der Waals surface area contributed by atoms with Crippen LogP contribution in [0.15, 0.2) is 42.6 Å². The molecule has 2 heterocycles. The van der Waals surface area contributed by atoms with Gasteiger partial charge in [-0.1, -0.05) is 39.0 Å². The highest BCUT2D eigenvalue weighted by Gasteiger charge is 2.16. The summed E-state index contributed by atoms with van der Waals surface area (Å²) in [7, 11) is 0. The second-order valence-electron chi connectivity index (χ2n) is 6.54. The predicted molar refractivity (Wildman–Crippen MR) is 95.0 cm³/mol. The highest BCUT2D eigenvalue weighted by molar-refractivity contribution is 5.92. The molecule has 1 N–H and O–H groups in total. The summed E-state index contributed by atoms with van der Waals surface area (Å²) in [6.45, 7) is 5.87. The van der Waals surface area contributed by atoms with Crippen LogP contribution in [0.5, 0.6) is 0 Å². The van der Waals surface area contributed by atoms with Crippen LogP contribution in [-0.2, 0) is 11.2 Å². The fourth-order valence-electron chi connectivity index (χ4n) is 2.73. The molecule has 0 saturated carbocycles. The third-order valence-electron chi connectivity index (χ3n) is 4.14. The van der Waals surface area contributed by atoms with Gasteiger partial charge in [-0.05, 0) is 30.2 Å². The van der Waals surface area contributed by atoms with E-state index in [4.69, 9.17) is 0 Å². The molecule has 130 valence electrons. The van der Waals surface area contributed by atoms with E-state index in [-0.39, 0.29) is 23.6 Å². The van der Waals surface area contributed by atoms with E-state index >= 15 is 0 Å². The average molecular weight is 340 g/mol. The van der Waals surface area contributed by atoms with E-state index in [1.165, 1.54) is 6.07 Å². The van der Waals surface area contributed by atoms with Crippen molar-refractivity contribution >= 4 is 17.2 Å². The number of halogens is 1. The number of rotatable bonds is 5. The van der Waals surface area contributed by atoms with Gasteiger partial charge in [0.2, 0.25) is 5.91 Å². The lowest BCUT2D eigenvalue weighted by Gasteiger charge is -2.13. The summed E-state index contributed by atoms with van der Waals surface area (Å²) >= 11 is 0. The number of hydrogen-bond donors (Lipinski definition) is 1. The molecule has 1 amide bonds. The Kier molecular flexibility index (Phi) is 4.79. The summed E-state index contributed by atoms with van der Waals surface area (Å²) < 4.78 is 15.6. The second kappa shape index (κ2) is 7.01. The molecule has 25 heavy (non-hydrogen) atoms. The number of hydrogen-bond acceptors (Lipinski definition) is 3. The van der Waals surface area contributed by atoms with Crippen molar-refractivity contribution in [3.8, 4) is 0 Å². The van der Waals surface area contributed by atoms with Crippen LogP contribution < -0.4 is 5.32 Å². The maximum atomic E-state index is 13.8. The molecule has 0 spiro atoms. The van der Waals surface area contributed by atoms with Gasteiger partial charge in [-0.15, -0.1) is 10.2 Å². The molecule has 0 radical (unpaired) electrons. The van der Waals surface area contributed by atoms with Crippen LogP contribution in [0, 0.1) is 11.7 Å². The van der Waals surface area contributed by atoms with Crippen LogP contribution >= 0.6 is 0 Å². The Morgan fingerprint density at radius 1 is 1.16 bits per heavy atom. The van der Waals surface area contributed by atoms with E-state index in [9.17, 15) is 9.18 Å². The minimum atomic E-state index is -0.349. The zero-order valence-corrected chi connectivity index (χ0v) is 14.5. The van der Waals surface area contributed by atoms with Crippen molar-refractivity contribution in [2.24, 2.45) is 5.92 Å². The van der Waals surface area contributed by atoms with Gasteiger partial charge in [0, 0.05) is 18.0 Å². The van der Waals surface area contributed by atoms with Crippen LogP contribution in [0.25, 0.3) is 5.65 Å². The van der Waals surface area contributed by atoms with Crippen molar-refractivity contribution < 1.29 is 9.18 Å². The van der Waals surface area contributed by atoms with Crippen LogP contribution in [-0.4, -0.2) is 20.5 Å².